The molecule has 0 spiro atoms. The van der Waals surface area contributed by atoms with Crippen molar-refractivity contribution in [3.8, 4) is 0 Å². The molecule has 2 N–H and O–H groups in total. The van der Waals surface area contributed by atoms with Gasteiger partial charge in [0, 0.05) is 24.5 Å². The molecular formula is C10H9N5OS. The Hall–Kier alpha value is -2.02. The first-order valence-electron chi connectivity index (χ1n) is 4.90. The molecule has 0 fully saturated rings. The van der Waals surface area contributed by atoms with Crippen LogP contribution in [0.3, 0.4) is 0 Å². The molecule has 2 aromatic heterocycles. The van der Waals surface area contributed by atoms with Crippen LogP contribution >= 0.6 is 11.8 Å². The van der Waals surface area contributed by atoms with Crippen molar-refractivity contribution in [2.75, 3.05) is 5.73 Å². The van der Waals surface area contributed by atoms with Crippen molar-refractivity contribution in [1.82, 2.24) is 19.7 Å². The lowest BCUT2D eigenvalue weighted by molar-refractivity contribution is 0.487. The van der Waals surface area contributed by atoms with Crippen LogP contribution in [0.2, 0.25) is 0 Å². The molecule has 0 saturated heterocycles. The van der Waals surface area contributed by atoms with Crippen LogP contribution in [0, 0.1) is 0 Å². The van der Waals surface area contributed by atoms with Gasteiger partial charge in [-0.2, -0.15) is 5.10 Å². The van der Waals surface area contributed by atoms with Crippen LogP contribution in [-0.2, 0) is 7.05 Å². The van der Waals surface area contributed by atoms with E-state index in [1.165, 1.54) is 18.1 Å². The van der Waals surface area contributed by atoms with Crippen molar-refractivity contribution in [3.63, 3.8) is 0 Å². The second-order valence-corrected chi connectivity index (χ2v) is 4.39. The van der Waals surface area contributed by atoms with Gasteiger partial charge in [0.15, 0.2) is 10.7 Å². The van der Waals surface area contributed by atoms with E-state index in [2.05, 4.69) is 15.1 Å². The number of rotatable bonds is 2. The van der Waals surface area contributed by atoms with Gasteiger partial charge in [-0.15, -0.1) is 0 Å². The minimum Gasteiger partial charge on any atom is -0.431 e. The quantitative estimate of drug-likeness (QED) is 0.694. The Kier molecular flexibility index (Phi) is 2.25. The van der Waals surface area contributed by atoms with E-state index in [9.17, 15) is 0 Å². The summed E-state index contributed by atoms with van der Waals surface area (Å²) in [6.07, 6.45) is 1.49. The lowest BCUT2D eigenvalue weighted by Crippen LogP contribution is -1.92. The standard InChI is InChI=1S/C10H9N5OS/c1-15-9(12-5-13-15)17-10-14-7-4-6(11)2-3-8(7)16-10/h2-5H,11H2,1H3. The van der Waals surface area contributed by atoms with E-state index >= 15 is 0 Å². The highest BCUT2D eigenvalue weighted by Crippen LogP contribution is 2.28. The van der Waals surface area contributed by atoms with E-state index in [0.717, 1.165) is 10.7 Å². The van der Waals surface area contributed by atoms with E-state index in [4.69, 9.17) is 10.2 Å². The highest BCUT2D eigenvalue weighted by molar-refractivity contribution is 7.99. The van der Waals surface area contributed by atoms with Gasteiger partial charge in [-0.3, -0.25) is 0 Å². The molecule has 3 aromatic rings. The first-order chi connectivity index (χ1) is 8.22. The number of fused-ring (bicyclic) bond motifs is 1. The Morgan fingerprint density at radius 2 is 2.29 bits per heavy atom. The molecule has 2 heterocycles. The molecule has 0 aliphatic heterocycles. The predicted molar refractivity (Wildman–Crippen MR) is 63.5 cm³/mol. The van der Waals surface area contributed by atoms with Crippen molar-refractivity contribution >= 4 is 28.5 Å². The Labute approximate surface area is 101 Å². The van der Waals surface area contributed by atoms with E-state index in [-0.39, 0.29) is 0 Å². The molecule has 0 radical (unpaired) electrons. The minimum absolute atomic E-state index is 0.529. The average Bonchev–Trinajstić information content (AvgIpc) is 2.85. The molecule has 3 rings (SSSR count). The number of benzene rings is 1. The second-order valence-electron chi connectivity index (χ2n) is 3.48. The topological polar surface area (TPSA) is 82.8 Å². The Morgan fingerprint density at radius 3 is 3.06 bits per heavy atom. The Balaban J connectivity index is 1.99. The third kappa shape index (κ3) is 1.84. The summed E-state index contributed by atoms with van der Waals surface area (Å²) in [5.74, 6) is 0. The molecule has 0 atom stereocenters. The maximum Gasteiger partial charge on any atom is 0.264 e. The molecule has 0 aliphatic carbocycles. The van der Waals surface area contributed by atoms with Gasteiger partial charge in [0.25, 0.3) is 5.22 Å². The first kappa shape index (κ1) is 10.2. The van der Waals surface area contributed by atoms with Gasteiger partial charge in [0.2, 0.25) is 0 Å². The number of hydrogen-bond donors (Lipinski definition) is 1. The Bertz CT molecular complexity index is 674. The zero-order valence-electron chi connectivity index (χ0n) is 8.99. The highest BCUT2D eigenvalue weighted by atomic mass is 32.2. The summed E-state index contributed by atoms with van der Waals surface area (Å²) in [5.41, 5.74) is 7.80. The van der Waals surface area contributed by atoms with E-state index < -0.39 is 0 Å². The number of nitrogens with two attached hydrogens (primary N) is 1. The van der Waals surface area contributed by atoms with Crippen LogP contribution in [0.25, 0.3) is 11.1 Å². The molecule has 7 heteroatoms. The van der Waals surface area contributed by atoms with Crippen LogP contribution in [0.1, 0.15) is 0 Å². The molecule has 6 nitrogen and oxygen atoms in total. The first-order valence-corrected chi connectivity index (χ1v) is 5.72. The van der Waals surface area contributed by atoms with Gasteiger partial charge in [-0.1, -0.05) is 0 Å². The average molecular weight is 247 g/mol. The van der Waals surface area contributed by atoms with Gasteiger partial charge >= 0.3 is 0 Å². The van der Waals surface area contributed by atoms with Crippen LogP contribution in [0.5, 0.6) is 0 Å². The lowest BCUT2D eigenvalue weighted by Gasteiger charge is -1.93. The number of aryl methyl sites for hydroxylation is 1. The molecular weight excluding hydrogens is 238 g/mol. The van der Waals surface area contributed by atoms with Crippen LogP contribution in [0.4, 0.5) is 5.69 Å². The van der Waals surface area contributed by atoms with Gasteiger partial charge in [0.05, 0.1) is 0 Å². The summed E-state index contributed by atoms with van der Waals surface area (Å²) in [7, 11) is 1.82. The van der Waals surface area contributed by atoms with Gasteiger partial charge in [-0.05, 0) is 18.2 Å². The second kappa shape index (κ2) is 3.77. The monoisotopic (exact) mass is 247 g/mol. The maximum absolute atomic E-state index is 5.68. The fourth-order valence-electron chi connectivity index (χ4n) is 1.42. The van der Waals surface area contributed by atoms with Crippen molar-refractivity contribution in [2.24, 2.45) is 7.05 Å². The number of nitrogen functional groups attached to an aromatic ring is 1. The van der Waals surface area contributed by atoms with Crippen molar-refractivity contribution in [3.05, 3.63) is 24.5 Å². The van der Waals surface area contributed by atoms with Crippen molar-refractivity contribution in [2.45, 2.75) is 10.4 Å². The molecule has 0 unspecified atom stereocenters. The van der Waals surface area contributed by atoms with Gasteiger partial charge in [0.1, 0.15) is 11.8 Å². The minimum atomic E-state index is 0.529. The van der Waals surface area contributed by atoms with Crippen molar-refractivity contribution < 1.29 is 4.42 Å². The zero-order valence-corrected chi connectivity index (χ0v) is 9.81. The molecule has 0 bridgehead atoms. The highest BCUT2D eigenvalue weighted by Gasteiger charge is 2.10. The summed E-state index contributed by atoms with van der Waals surface area (Å²) in [4.78, 5) is 8.41. The molecule has 1 aromatic carbocycles. The van der Waals surface area contributed by atoms with E-state index in [1.54, 1.807) is 22.9 Å². The van der Waals surface area contributed by atoms with Crippen LogP contribution in [0.15, 0.2) is 39.3 Å². The summed E-state index contributed by atoms with van der Waals surface area (Å²) in [5, 5.41) is 5.23. The summed E-state index contributed by atoms with van der Waals surface area (Å²) in [6, 6.07) is 5.36. The van der Waals surface area contributed by atoms with Gasteiger partial charge in [-0.25, -0.2) is 14.6 Å². The number of anilines is 1. The van der Waals surface area contributed by atoms with Crippen LogP contribution in [-0.4, -0.2) is 19.7 Å². The molecule has 0 amide bonds. The third-order valence-electron chi connectivity index (χ3n) is 2.24. The zero-order chi connectivity index (χ0) is 11.8. The third-order valence-corrected chi connectivity index (χ3v) is 3.14. The fourth-order valence-corrected chi connectivity index (χ4v) is 2.13. The molecule has 0 saturated carbocycles. The smallest absolute Gasteiger partial charge is 0.264 e. The Morgan fingerprint density at radius 1 is 1.41 bits per heavy atom. The molecule has 0 aliphatic rings. The van der Waals surface area contributed by atoms with Crippen LogP contribution < -0.4 is 5.73 Å². The summed E-state index contributed by atoms with van der Waals surface area (Å²) < 4.78 is 7.23. The number of aromatic nitrogens is 4. The fraction of sp³-hybridized carbons (Fsp3) is 0.100. The van der Waals surface area contributed by atoms with Gasteiger partial charge < -0.3 is 10.2 Å². The summed E-state index contributed by atoms with van der Waals surface area (Å²) in [6.45, 7) is 0. The van der Waals surface area contributed by atoms with E-state index in [0.29, 0.717) is 16.5 Å². The normalized spacial score (nSPS) is 11.1. The molecule has 86 valence electrons. The predicted octanol–water partition coefficient (Wildman–Crippen LogP) is 1.69. The number of nitrogens with zero attached hydrogens (tertiary/aromatic N) is 4. The number of oxazole rings is 1. The lowest BCUT2D eigenvalue weighted by atomic mass is 10.3. The SMILES string of the molecule is Cn1ncnc1Sc1nc2cc(N)ccc2o1. The summed E-state index contributed by atoms with van der Waals surface area (Å²) >= 11 is 1.32. The molecule has 17 heavy (non-hydrogen) atoms. The maximum atomic E-state index is 5.68. The largest absolute Gasteiger partial charge is 0.431 e. The van der Waals surface area contributed by atoms with Crippen molar-refractivity contribution in [1.29, 1.82) is 0 Å². The van der Waals surface area contributed by atoms with E-state index in [1.807, 2.05) is 7.05 Å². The number of hydrogen-bond acceptors (Lipinski definition) is 6.